The molecule has 2 nitrogen and oxygen atoms in total. The highest BCUT2D eigenvalue weighted by Gasteiger charge is 2.17. The Kier molecular flexibility index (Phi) is 6.12. The van der Waals surface area contributed by atoms with E-state index in [0.717, 1.165) is 13.0 Å². The summed E-state index contributed by atoms with van der Waals surface area (Å²) in [5.74, 6) is 0.139. The molecule has 1 aromatic rings. The van der Waals surface area contributed by atoms with Crippen LogP contribution in [0.4, 0.5) is 0 Å². The molecular weight excluding hydrogens is 230 g/mol. The molecule has 1 rings (SSSR count). The summed E-state index contributed by atoms with van der Waals surface area (Å²) >= 11 is 1.70. The molecule has 0 aromatic heterocycles. The normalized spacial score (nSPS) is 14.1. The number of rotatable bonds is 6. The van der Waals surface area contributed by atoms with Crippen LogP contribution < -0.4 is 5.32 Å². The van der Waals surface area contributed by atoms with E-state index in [-0.39, 0.29) is 11.2 Å². The molecule has 0 aliphatic heterocycles. The summed E-state index contributed by atoms with van der Waals surface area (Å²) < 4.78 is 0. The molecule has 0 aliphatic carbocycles. The maximum absolute atomic E-state index is 11.7. The Morgan fingerprint density at radius 1 is 1.29 bits per heavy atom. The molecule has 0 saturated carbocycles. The second kappa shape index (κ2) is 7.38. The van der Waals surface area contributed by atoms with E-state index in [2.05, 4.69) is 31.3 Å². The summed E-state index contributed by atoms with van der Waals surface area (Å²) in [7, 11) is 0. The van der Waals surface area contributed by atoms with Gasteiger partial charge in [-0.1, -0.05) is 37.3 Å². The number of carbonyl (C=O) groups is 1. The van der Waals surface area contributed by atoms with Crippen LogP contribution in [0.25, 0.3) is 0 Å². The van der Waals surface area contributed by atoms with Crippen molar-refractivity contribution < 1.29 is 4.79 Å². The summed E-state index contributed by atoms with van der Waals surface area (Å²) in [5, 5.41) is 3.27. The van der Waals surface area contributed by atoms with E-state index in [1.165, 1.54) is 5.56 Å². The van der Waals surface area contributed by atoms with Crippen LogP contribution in [0.1, 0.15) is 38.0 Å². The monoisotopic (exact) mass is 251 g/mol. The molecular formula is C14H21NOS. The zero-order chi connectivity index (χ0) is 12.7. The Balaban J connectivity index is 2.45. The number of benzene rings is 1. The first-order valence-corrected chi connectivity index (χ1v) is 7.07. The molecule has 0 fully saturated rings. The number of amides is 1. The van der Waals surface area contributed by atoms with Crippen molar-refractivity contribution in [2.24, 2.45) is 0 Å². The molecule has 0 spiro atoms. The summed E-state index contributed by atoms with van der Waals surface area (Å²) in [5.41, 5.74) is 1.27. The van der Waals surface area contributed by atoms with Crippen molar-refractivity contribution >= 4 is 17.7 Å². The third kappa shape index (κ3) is 4.82. The maximum Gasteiger partial charge on any atom is 0.232 e. The van der Waals surface area contributed by atoms with Gasteiger partial charge in [-0.3, -0.25) is 4.79 Å². The molecule has 3 heteroatoms. The van der Waals surface area contributed by atoms with Gasteiger partial charge in [0.05, 0.1) is 5.25 Å². The van der Waals surface area contributed by atoms with Gasteiger partial charge in [0.1, 0.15) is 0 Å². The van der Waals surface area contributed by atoms with E-state index in [0.29, 0.717) is 5.25 Å². The Morgan fingerprint density at radius 3 is 2.53 bits per heavy atom. The fourth-order valence-electron chi connectivity index (χ4n) is 1.56. The van der Waals surface area contributed by atoms with Gasteiger partial charge < -0.3 is 5.32 Å². The molecule has 94 valence electrons. The Morgan fingerprint density at radius 2 is 1.94 bits per heavy atom. The highest BCUT2D eigenvalue weighted by molar-refractivity contribution is 8.00. The van der Waals surface area contributed by atoms with Crippen molar-refractivity contribution in [3.8, 4) is 0 Å². The fraction of sp³-hybridized carbons (Fsp3) is 0.500. The van der Waals surface area contributed by atoms with Gasteiger partial charge >= 0.3 is 0 Å². The Hall–Kier alpha value is -0.960. The first-order valence-electron chi connectivity index (χ1n) is 6.13. The predicted octanol–water partition coefficient (Wildman–Crippen LogP) is 3.40. The molecule has 0 aliphatic rings. The van der Waals surface area contributed by atoms with Gasteiger partial charge in [0.2, 0.25) is 5.91 Å². The van der Waals surface area contributed by atoms with Gasteiger partial charge in [0.15, 0.2) is 0 Å². The highest BCUT2D eigenvalue weighted by atomic mass is 32.2. The van der Waals surface area contributed by atoms with E-state index < -0.39 is 0 Å². The number of nitrogens with one attached hydrogen (secondary N) is 1. The average molecular weight is 251 g/mol. The van der Waals surface area contributed by atoms with Gasteiger partial charge in [0, 0.05) is 11.8 Å². The van der Waals surface area contributed by atoms with E-state index >= 15 is 0 Å². The zero-order valence-electron chi connectivity index (χ0n) is 10.8. The van der Waals surface area contributed by atoms with E-state index in [4.69, 9.17) is 0 Å². The van der Waals surface area contributed by atoms with Crippen molar-refractivity contribution in [1.29, 1.82) is 0 Å². The quantitative estimate of drug-likeness (QED) is 0.839. The lowest BCUT2D eigenvalue weighted by atomic mass is 10.2. The number of carbonyl (C=O) groups excluding carboxylic acids is 1. The first kappa shape index (κ1) is 14.1. The second-order valence-corrected chi connectivity index (χ2v) is 5.81. The summed E-state index contributed by atoms with van der Waals surface area (Å²) in [6.07, 6.45) is 0.983. The lowest BCUT2D eigenvalue weighted by Crippen LogP contribution is -2.31. The predicted molar refractivity (Wildman–Crippen MR) is 75.2 cm³/mol. The zero-order valence-corrected chi connectivity index (χ0v) is 11.6. The van der Waals surface area contributed by atoms with Crippen LogP contribution >= 0.6 is 11.8 Å². The molecule has 1 amide bonds. The minimum atomic E-state index is -0.00300. The second-order valence-electron chi connectivity index (χ2n) is 4.12. The SMILES string of the molecule is CCCNC(=O)C(C)SC(C)c1ccccc1. The topological polar surface area (TPSA) is 29.1 Å². The summed E-state index contributed by atoms with van der Waals surface area (Å²) in [6, 6.07) is 10.3. The molecule has 17 heavy (non-hydrogen) atoms. The summed E-state index contributed by atoms with van der Waals surface area (Å²) in [4.78, 5) is 11.7. The largest absolute Gasteiger partial charge is 0.355 e. The van der Waals surface area contributed by atoms with Crippen LogP contribution in [0, 0.1) is 0 Å². The van der Waals surface area contributed by atoms with Crippen molar-refractivity contribution in [3.05, 3.63) is 35.9 Å². The molecule has 0 saturated heterocycles. The van der Waals surface area contributed by atoms with Crippen molar-refractivity contribution in [2.75, 3.05) is 6.54 Å². The van der Waals surface area contributed by atoms with Crippen molar-refractivity contribution in [2.45, 2.75) is 37.7 Å². The standard InChI is InChI=1S/C14H21NOS/c1-4-10-15-14(16)12(3)17-11(2)13-8-6-5-7-9-13/h5-9,11-12H,4,10H2,1-3H3,(H,15,16). The van der Waals surface area contributed by atoms with E-state index in [1.54, 1.807) is 11.8 Å². The van der Waals surface area contributed by atoms with Gasteiger partial charge in [0.25, 0.3) is 0 Å². The fourth-order valence-corrected chi connectivity index (χ4v) is 2.70. The lowest BCUT2D eigenvalue weighted by Gasteiger charge is -2.17. The minimum absolute atomic E-state index is 0.00300. The van der Waals surface area contributed by atoms with Gasteiger partial charge in [-0.05, 0) is 25.8 Å². The van der Waals surface area contributed by atoms with Crippen LogP contribution in [0.15, 0.2) is 30.3 Å². The summed E-state index contributed by atoms with van der Waals surface area (Å²) in [6.45, 7) is 6.94. The van der Waals surface area contributed by atoms with Crippen molar-refractivity contribution in [3.63, 3.8) is 0 Å². The van der Waals surface area contributed by atoms with E-state index in [1.807, 2.05) is 25.1 Å². The molecule has 2 unspecified atom stereocenters. The van der Waals surface area contributed by atoms with Gasteiger partial charge in [-0.25, -0.2) is 0 Å². The molecule has 0 heterocycles. The molecule has 0 radical (unpaired) electrons. The molecule has 1 N–H and O–H groups in total. The third-order valence-electron chi connectivity index (χ3n) is 2.60. The van der Waals surface area contributed by atoms with Crippen LogP contribution in [0.3, 0.4) is 0 Å². The van der Waals surface area contributed by atoms with Crippen LogP contribution in [0.5, 0.6) is 0 Å². The lowest BCUT2D eigenvalue weighted by molar-refractivity contribution is -0.120. The first-order chi connectivity index (χ1) is 8.15. The number of hydrogen-bond acceptors (Lipinski definition) is 2. The van der Waals surface area contributed by atoms with Crippen LogP contribution in [0.2, 0.25) is 0 Å². The highest BCUT2D eigenvalue weighted by Crippen LogP contribution is 2.31. The third-order valence-corrected chi connectivity index (χ3v) is 3.90. The Labute approximate surface area is 108 Å². The van der Waals surface area contributed by atoms with Crippen molar-refractivity contribution in [1.82, 2.24) is 5.32 Å². The maximum atomic E-state index is 11.7. The average Bonchev–Trinajstić information content (AvgIpc) is 2.36. The number of thioether (sulfide) groups is 1. The molecule has 1 aromatic carbocycles. The van der Waals surface area contributed by atoms with Gasteiger partial charge in [-0.2, -0.15) is 0 Å². The minimum Gasteiger partial charge on any atom is -0.355 e. The number of hydrogen-bond donors (Lipinski definition) is 1. The van der Waals surface area contributed by atoms with Crippen LogP contribution in [-0.4, -0.2) is 17.7 Å². The van der Waals surface area contributed by atoms with Crippen LogP contribution in [-0.2, 0) is 4.79 Å². The smallest absolute Gasteiger partial charge is 0.232 e. The Bertz CT molecular complexity index is 339. The van der Waals surface area contributed by atoms with Gasteiger partial charge in [-0.15, -0.1) is 11.8 Å². The molecule has 2 atom stereocenters. The van der Waals surface area contributed by atoms with E-state index in [9.17, 15) is 4.79 Å². The molecule has 0 bridgehead atoms.